The summed E-state index contributed by atoms with van der Waals surface area (Å²) in [5, 5.41) is 9.44. The first-order valence-corrected chi connectivity index (χ1v) is 8.19. The molecule has 8 heteroatoms. The number of anilines is 2. The molecule has 3 N–H and O–H groups in total. The normalized spacial score (nSPS) is 17.3. The van der Waals surface area contributed by atoms with E-state index in [9.17, 15) is 4.79 Å². The molecule has 0 aliphatic carbocycles. The van der Waals surface area contributed by atoms with Crippen LogP contribution in [-0.4, -0.2) is 30.7 Å². The van der Waals surface area contributed by atoms with Crippen molar-refractivity contribution >= 4 is 40.6 Å². The Morgan fingerprint density at radius 2 is 2.12 bits per heavy atom. The molecule has 3 rings (SSSR count). The molecule has 1 atom stereocenters. The number of aromatic nitrogens is 1. The predicted molar refractivity (Wildman–Crippen MR) is 94.9 cm³/mol. The van der Waals surface area contributed by atoms with E-state index in [0.717, 1.165) is 18.7 Å². The van der Waals surface area contributed by atoms with Crippen LogP contribution in [0.1, 0.15) is 11.7 Å². The topological polar surface area (TPSA) is 75.3 Å². The van der Waals surface area contributed by atoms with Crippen LogP contribution < -0.4 is 16.0 Å². The highest BCUT2D eigenvalue weighted by atomic mass is 35.5. The van der Waals surface area contributed by atoms with Gasteiger partial charge < -0.3 is 20.7 Å². The van der Waals surface area contributed by atoms with Crippen molar-refractivity contribution in [3.63, 3.8) is 0 Å². The van der Waals surface area contributed by atoms with Gasteiger partial charge in [0, 0.05) is 13.1 Å². The van der Waals surface area contributed by atoms with Crippen molar-refractivity contribution in [1.29, 1.82) is 0 Å². The Balaban J connectivity index is 1.64. The predicted octanol–water partition coefficient (Wildman–Crippen LogP) is 3.69. The molecule has 24 heavy (non-hydrogen) atoms. The lowest BCUT2D eigenvalue weighted by Gasteiger charge is -2.24. The molecule has 0 radical (unpaired) electrons. The van der Waals surface area contributed by atoms with E-state index in [4.69, 9.17) is 27.9 Å². The Labute approximate surface area is 149 Å². The van der Waals surface area contributed by atoms with E-state index in [1.807, 2.05) is 6.07 Å². The van der Waals surface area contributed by atoms with Crippen LogP contribution in [0.15, 0.2) is 36.5 Å². The van der Waals surface area contributed by atoms with Gasteiger partial charge in [-0.25, -0.2) is 9.78 Å². The number of urea groups is 1. The number of halogens is 2. The number of rotatable bonds is 3. The first-order chi connectivity index (χ1) is 11.6. The summed E-state index contributed by atoms with van der Waals surface area (Å²) in [6.45, 7) is 2.26. The number of hydrogen-bond acceptors (Lipinski definition) is 4. The smallest absolute Gasteiger partial charge is 0.323 e. The zero-order chi connectivity index (χ0) is 16.9. The lowest BCUT2D eigenvalue weighted by atomic mass is 10.1. The summed E-state index contributed by atoms with van der Waals surface area (Å²) in [6, 6.07) is 8.30. The van der Waals surface area contributed by atoms with Gasteiger partial charge in [-0.05, 0) is 29.8 Å². The van der Waals surface area contributed by atoms with Gasteiger partial charge in [0.15, 0.2) is 0 Å². The van der Waals surface area contributed by atoms with Crippen LogP contribution >= 0.6 is 23.2 Å². The average Bonchev–Trinajstić information content (AvgIpc) is 2.59. The van der Waals surface area contributed by atoms with Gasteiger partial charge in [-0.15, -0.1) is 0 Å². The molecule has 0 bridgehead atoms. The largest absolute Gasteiger partial charge is 0.371 e. The summed E-state index contributed by atoms with van der Waals surface area (Å²) in [6.07, 6.45) is 1.44. The highest BCUT2D eigenvalue weighted by Crippen LogP contribution is 2.28. The van der Waals surface area contributed by atoms with E-state index in [1.54, 1.807) is 24.3 Å². The number of ether oxygens (including phenoxy) is 1. The van der Waals surface area contributed by atoms with Gasteiger partial charge in [-0.3, -0.25) is 0 Å². The Morgan fingerprint density at radius 3 is 2.79 bits per heavy atom. The molecule has 2 amide bonds. The second-order valence-electron chi connectivity index (χ2n) is 5.25. The molecule has 0 saturated carbocycles. The number of nitrogens with one attached hydrogen (secondary N) is 3. The van der Waals surface area contributed by atoms with E-state index < -0.39 is 6.03 Å². The first-order valence-electron chi connectivity index (χ1n) is 7.43. The Morgan fingerprint density at radius 1 is 1.25 bits per heavy atom. The van der Waals surface area contributed by atoms with Crippen molar-refractivity contribution in [2.45, 2.75) is 6.10 Å². The van der Waals surface area contributed by atoms with Crippen molar-refractivity contribution in [3.05, 3.63) is 52.3 Å². The fraction of sp³-hybridized carbons (Fsp3) is 0.250. The van der Waals surface area contributed by atoms with Gasteiger partial charge in [0.25, 0.3) is 0 Å². The zero-order valence-corrected chi connectivity index (χ0v) is 14.2. The van der Waals surface area contributed by atoms with E-state index >= 15 is 0 Å². The van der Waals surface area contributed by atoms with Crippen molar-refractivity contribution in [2.24, 2.45) is 0 Å². The van der Waals surface area contributed by atoms with Gasteiger partial charge in [0.2, 0.25) is 0 Å². The van der Waals surface area contributed by atoms with E-state index in [2.05, 4.69) is 20.9 Å². The Kier molecular flexibility index (Phi) is 5.52. The van der Waals surface area contributed by atoms with E-state index in [0.29, 0.717) is 28.2 Å². The minimum absolute atomic E-state index is 0.0285. The molecule has 1 aromatic carbocycles. The van der Waals surface area contributed by atoms with Crippen molar-refractivity contribution in [2.75, 3.05) is 30.3 Å². The molecule has 2 heterocycles. The maximum absolute atomic E-state index is 12.0. The van der Waals surface area contributed by atoms with Gasteiger partial charge in [0.05, 0.1) is 35.3 Å². The number of carbonyl (C=O) groups is 1. The second kappa shape index (κ2) is 7.81. The van der Waals surface area contributed by atoms with Gasteiger partial charge in [0.1, 0.15) is 5.15 Å². The molecule has 1 aliphatic heterocycles. The fourth-order valence-electron chi connectivity index (χ4n) is 2.35. The van der Waals surface area contributed by atoms with Crippen molar-refractivity contribution in [1.82, 2.24) is 10.3 Å². The number of nitrogens with zero attached hydrogens (tertiary/aromatic N) is 1. The molecule has 1 saturated heterocycles. The molecular weight excluding hydrogens is 351 g/mol. The number of amides is 2. The third-order valence-electron chi connectivity index (χ3n) is 3.53. The second-order valence-corrected chi connectivity index (χ2v) is 6.05. The van der Waals surface area contributed by atoms with Gasteiger partial charge in [-0.1, -0.05) is 29.3 Å². The molecule has 0 unspecified atom stereocenters. The first kappa shape index (κ1) is 17.0. The summed E-state index contributed by atoms with van der Waals surface area (Å²) in [7, 11) is 0. The average molecular weight is 367 g/mol. The highest BCUT2D eigenvalue weighted by molar-refractivity contribution is 6.33. The number of carbonyl (C=O) groups excluding carboxylic acids is 1. The van der Waals surface area contributed by atoms with Crippen LogP contribution in [0, 0.1) is 0 Å². The number of morpholine rings is 1. The van der Waals surface area contributed by atoms with Gasteiger partial charge >= 0.3 is 6.03 Å². The summed E-state index contributed by atoms with van der Waals surface area (Å²) >= 11 is 12.0. The molecule has 6 nitrogen and oxygen atoms in total. The molecule has 0 spiro atoms. The zero-order valence-electron chi connectivity index (χ0n) is 12.7. The van der Waals surface area contributed by atoms with Gasteiger partial charge in [-0.2, -0.15) is 0 Å². The lowest BCUT2D eigenvalue weighted by molar-refractivity contribution is 0.0277. The maximum Gasteiger partial charge on any atom is 0.323 e. The molecule has 1 aromatic heterocycles. The summed E-state index contributed by atoms with van der Waals surface area (Å²) < 4.78 is 5.69. The number of hydrogen-bond donors (Lipinski definition) is 3. The van der Waals surface area contributed by atoms with E-state index in [1.165, 1.54) is 6.20 Å². The molecule has 126 valence electrons. The van der Waals surface area contributed by atoms with Crippen LogP contribution in [0.3, 0.4) is 0 Å². The maximum atomic E-state index is 12.0. The van der Waals surface area contributed by atoms with Crippen LogP contribution in [0.4, 0.5) is 16.2 Å². The van der Waals surface area contributed by atoms with E-state index in [-0.39, 0.29) is 6.10 Å². The lowest BCUT2D eigenvalue weighted by Crippen LogP contribution is -2.33. The quantitative estimate of drug-likeness (QED) is 0.724. The molecule has 1 aliphatic rings. The molecule has 2 aromatic rings. The number of benzene rings is 1. The van der Waals surface area contributed by atoms with Crippen LogP contribution in [0.2, 0.25) is 10.2 Å². The van der Waals surface area contributed by atoms with Crippen LogP contribution in [0.5, 0.6) is 0 Å². The van der Waals surface area contributed by atoms with Crippen molar-refractivity contribution in [3.8, 4) is 0 Å². The van der Waals surface area contributed by atoms with Crippen LogP contribution in [-0.2, 0) is 4.74 Å². The third-order valence-corrected chi connectivity index (χ3v) is 4.06. The number of pyridine rings is 1. The Bertz CT molecular complexity index is 719. The minimum Gasteiger partial charge on any atom is -0.371 e. The molecular formula is C16H16Cl2N4O2. The fourth-order valence-corrected chi connectivity index (χ4v) is 2.69. The van der Waals surface area contributed by atoms with Crippen LogP contribution in [0.25, 0.3) is 0 Å². The SMILES string of the molecule is O=C(Nc1ccc(Cl)nc1)Nc1ccc([C@@H]2CNCCO2)cc1Cl. The standard InChI is InChI=1S/C16H16Cl2N4O2/c17-12-7-10(14-9-19-5-6-24-14)1-3-13(12)22-16(23)21-11-2-4-15(18)20-8-11/h1-4,7-8,14,19H,5-6,9H2,(H2,21,22,23)/t14-/m0/s1. The summed E-state index contributed by atoms with van der Waals surface area (Å²) in [5.41, 5.74) is 2.02. The monoisotopic (exact) mass is 366 g/mol. The Hall–Kier alpha value is -1.86. The highest BCUT2D eigenvalue weighted by Gasteiger charge is 2.17. The minimum atomic E-state index is -0.413. The summed E-state index contributed by atoms with van der Waals surface area (Å²) in [4.78, 5) is 15.9. The summed E-state index contributed by atoms with van der Waals surface area (Å²) in [5.74, 6) is 0. The third kappa shape index (κ3) is 4.36. The van der Waals surface area contributed by atoms with Crippen molar-refractivity contribution < 1.29 is 9.53 Å². The molecule has 1 fully saturated rings.